The van der Waals surface area contributed by atoms with E-state index in [0.717, 1.165) is 0 Å². The van der Waals surface area contributed by atoms with Gasteiger partial charge in [0.2, 0.25) is 0 Å². The summed E-state index contributed by atoms with van der Waals surface area (Å²) in [5.41, 5.74) is 5.85. The number of aromatic nitrogens is 1. The van der Waals surface area contributed by atoms with Crippen LogP contribution in [-0.4, -0.2) is 16.1 Å². The van der Waals surface area contributed by atoms with Crippen molar-refractivity contribution in [2.24, 2.45) is 0 Å². The van der Waals surface area contributed by atoms with Gasteiger partial charge in [-0.2, -0.15) is 5.26 Å². The number of carboxylic acids is 1. The Morgan fingerprint density at radius 1 is 1.69 bits per heavy atom. The number of aliphatic carboxylic acids is 1. The van der Waals surface area contributed by atoms with E-state index in [2.05, 4.69) is 15.8 Å². The molecular formula is C10H10N4O2. The van der Waals surface area contributed by atoms with Gasteiger partial charge in [-0.1, -0.05) is 0 Å². The molecule has 0 aliphatic heterocycles. The number of hydrogen-bond acceptors (Lipinski definition) is 5. The van der Waals surface area contributed by atoms with E-state index in [1.807, 2.05) is 6.07 Å². The first-order valence-electron chi connectivity index (χ1n) is 4.41. The highest BCUT2D eigenvalue weighted by Crippen LogP contribution is 2.03. The molecule has 0 aliphatic rings. The standard InChI is InChI=1S/C10H10N4O2/c1-7(10(15)16)6-13-14-9-4-8(5-11)2-3-12-9/h2-4,6,13H,1H3,(H,12,14)(H,15,16). The Bertz CT molecular complexity index is 462. The van der Waals surface area contributed by atoms with Crippen molar-refractivity contribution in [1.82, 2.24) is 10.4 Å². The van der Waals surface area contributed by atoms with Gasteiger partial charge in [-0.3, -0.25) is 5.43 Å². The molecular weight excluding hydrogens is 208 g/mol. The highest BCUT2D eigenvalue weighted by molar-refractivity contribution is 5.85. The maximum Gasteiger partial charge on any atom is 0.332 e. The molecule has 6 heteroatoms. The van der Waals surface area contributed by atoms with Crippen LogP contribution in [0.1, 0.15) is 12.5 Å². The Morgan fingerprint density at radius 3 is 3.06 bits per heavy atom. The van der Waals surface area contributed by atoms with Crippen LogP contribution in [0.2, 0.25) is 0 Å². The molecule has 0 saturated heterocycles. The number of nitrogens with zero attached hydrogens (tertiary/aromatic N) is 2. The van der Waals surface area contributed by atoms with Crippen LogP contribution in [0.3, 0.4) is 0 Å². The summed E-state index contributed by atoms with van der Waals surface area (Å²) >= 11 is 0. The number of hydrogen-bond donors (Lipinski definition) is 3. The van der Waals surface area contributed by atoms with Crippen LogP contribution in [0.25, 0.3) is 0 Å². The zero-order valence-corrected chi connectivity index (χ0v) is 8.56. The van der Waals surface area contributed by atoms with Crippen molar-refractivity contribution in [3.63, 3.8) is 0 Å². The molecule has 0 bridgehead atoms. The fraction of sp³-hybridized carbons (Fsp3) is 0.100. The van der Waals surface area contributed by atoms with Crippen molar-refractivity contribution in [3.8, 4) is 6.07 Å². The highest BCUT2D eigenvalue weighted by atomic mass is 16.4. The van der Waals surface area contributed by atoms with Gasteiger partial charge in [-0.25, -0.2) is 9.78 Å². The SMILES string of the molecule is CC(=CNNc1cc(C#N)ccn1)C(=O)O. The topological polar surface area (TPSA) is 98.0 Å². The van der Waals surface area contributed by atoms with E-state index < -0.39 is 5.97 Å². The molecule has 0 spiro atoms. The minimum Gasteiger partial charge on any atom is -0.478 e. The molecule has 0 radical (unpaired) electrons. The summed E-state index contributed by atoms with van der Waals surface area (Å²) in [5, 5.41) is 17.2. The van der Waals surface area contributed by atoms with Gasteiger partial charge in [0.15, 0.2) is 0 Å². The Labute approximate surface area is 92.2 Å². The minimum atomic E-state index is -1.01. The third kappa shape index (κ3) is 3.31. The van der Waals surface area contributed by atoms with E-state index in [1.165, 1.54) is 25.4 Å². The van der Waals surface area contributed by atoms with E-state index >= 15 is 0 Å². The first-order valence-corrected chi connectivity index (χ1v) is 4.41. The van der Waals surface area contributed by atoms with E-state index in [1.54, 1.807) is 6.07 Å². The molecule has 82 valence electrons. The molecule has 1 rings (SSSR count). The highest BCUT2D eigenvalue weighted by Gasteiger charge is 1.98. The first kappa shape index (κ1) is 11.5. The number of hydrazine groups is 1. The van der Waals surface area contributed by atoms with Gasteiger partial charge >= 0.3 is 5.97 Å². The fourth-order valence-electron chi connectivity index (χ4n) is 0.848. The lowest BCUT2D eigenvalue weighted by atomic mass is 10.3. The van der Waals surface area contributed by atoms with Gasteiger partial charge in [-0.15, -0.1) is 0 Å². The quantitative estimate of drug-likeness (QED) is 0.512. The molecule has 16 heavy (non-hydrogen) atoms. The number of pyridine rings is 1. The molecule has 3 N–H and O–H groups in total. The second-order valence-electron chi connectivity index (χ2n) is 2.94. The summed E-state index contributed by atoms with van der Waals surface area (Å²) in [4.78, 5) is 14.4. The number of carboxylic acid groups (broad SMARTS) is 1. The van der Waals surface area contributed by atoms with Crippen molar-refractivity contribution >= 4 is 11.8 Å². The Morgan fingerprint density at radius 2 is 2.44 bits per heavy atom. The zero-order chi connectivity index (χ0) is 12.0. The number of nitriles is 1. The number of rotatable bonds is 4. The van der Waals surface area contributed by atoms with E-state index in [-0.39, 0.29) is 5.57 Å². The van der Waals surface area contributed by atoms with Gasteiger partial charge in [0, 0.05) is 12.4 Å². The average Bonchev–Trinajstić information content (AvgIpc) is 2.29. The van der Waals surface area contributed by atoms with Crippen LogP contribution in [-0.2, 0) is 4.79 Å². The van der Waals surface area contributed by atoms with Gasteiger partial charge in [0.25, 0.3) is 0 Å². The molecule has 0 amide bonds. The summed E-state index contributed by atoms with van der Waals surface area (Å²) < 4.78 is 0. The molecule has 1 heterocycles. The van der Waals surface area contributed by atoms with Crippen LogP contribution in [0.15, 0.2) is 30.1 Å². The largest absolute Gasteiger partial charge is 0.478 e. The lowest BCUT2D eigenvalue weighted by Gasteiger charge is -2.04. The van der Waals surface area contributed by atoms with Crippen molar-refractivity contribution < 1.29 is 9.90 Å². The average molecular weight is 218 g/mol. The van der Waals surface area contributed by atoms with Crippen LogP contribution in [0.5, 0.6) is 0 Å². The smallest absolute Gasteiger partial charge is 0.332 e. The third-order valence-electron chi connectivity index (χ3n) is 1.72. The normalized spacial score (nSPS) is 10.4. The second kappa shape index (κ2) is 5.36. The predicted molar refractivity (Wildman–Crippen MR) is 57.1 cm³/mol. The summed E-state index contributed by atoms with van der Waals surface area (Å²) in [5.74, 6) is -0.568. The van der Waals surface area contributed by atoms with Crippen molar-refractivity contribution in [1.29, 1.82) is 5.26 Å². The summed E-state index contributed by atoms with van der Waals surface area (Å²) in [6.45, 7) is 1.45. The van der Waals surface area contributed by atoms with Gasteiger partial charge < -0.3 is 10.5 Å². The van der Waals surface area contributed by atoms with Crippen LogP contribution < -0.4 is 10.9 Å². The molecule has 1 aromatic heterocycles. The maximum absolute atomic E-state index is 10.4. The molecule has 6 nitrogen and oxygen atoms in total. The Balaban J connectivity index is 2.59. The van der Waals surface area contributed by atoms with Crippen LogP contribution in [0.4, 0.5) is 5.82 Å². The lowest BCUT2D eigenvalue weighted by Crippen LogP contribution is -2.17. The minimum absolute atomic E-state index is 0.156. The number of anilines is 1. The van der Waals surface area contributed by atoms with Gasteiger partial charge in [-0.05, 0) is 19.1 Å². The van der Waals surface area contributed by atoms with Crippen molar-refractivity contribution in [2.75, 3.05) is 5.43 Å². The first-order chi connectivity index (χ1) is 7.63. The zero-order valence-electron chi connectivity index (χ0n) is 8.56. The van der Waals surface area contributed by atoms with Crippen LogP contribution in [0, 0.1) is 11.3 Å². The van der Waals surface area contributed by atoms with Crippen LogP contribution >= 0.6 is 0 Å². The van der Waals surface area contributed by atoms with Crippen molar-refractivity contribution in [3.05, 3.63) is 35.7 Å². The number of carbonyl (C=O) groups is 1. The summed E-state index contributed by atoms with van der Waals surface area (Å²) in [6.07, 6.45) is 2.78. The summed E-state index contributed by atoms with van der Waals surface area (Å²) in [6, 6.07) is 5.08. The monoisotopic (exact) mass is 218 g/mol. The maximum atomic E-state index is 10.4. The van der Waals surface area contributed by atoms with E-state index in [0.29, 0.717) is 11.4 Å². The lowest BCUT2D eigenvalue weighted by molar-refractivity contribution is -0.132. The number of nitrogens with one attached hydrogen (secondary N) is 2. The molecule has 0 atom stereocenters. The molecule has 0 aliphatic carbocycles. The third-order valence-corrected chi connectivity index (χ3v) is 1.72. The molecule has 0 fully saturated rings. The molecule has 0 aromatic carbocycles. The van der Waals surface area contributed by atoms with Crippen molar-refractivity contribution in [2.45, 2.75) is 6.92 Å². The van der Waals surface area contributed by atoms with Gasteiger partial charge in [0.1, 0.15) is 5.82 Å². The second-order valence-corrected chi connectivity index (χ2v) is 2.94. The van der Waals surface area contributed by atoms with E-state index in [9.17, 15) is 4.79 Å². The predicted octanol–water partition coefficient (Wildman–Crippen LogP) is 0.858. The Hall–Kier alpha value is -2.55. The summed E-state index contributed by atoms with van der Waals surface area (Å²) in [7, 11) is 0. The fourth-order valence-corrected chi connectivity index (χ4v) is 0.848. The van der Waals surface area contributed by atoms with Gasteiger partial charge in [0.05, 0.1) is 17.2 Å². The molecule has 1 aromatic rings. The van der Waals surface area contributed by atoms with E-state index in [4.69, 9.17) is 10.4 Å². The Kier molecular flexibility index (Phi) is 3.86. The molecule has 0 saturated carbocycles. The molecule has 0 unspecified atom stereocenters.